The Balaban J connectivity index is 2.23. The van der Waals surface area contributed by atoms with Gasteiger partial charge in [0.05, 0.1) is 6.61 Å². The maximum Gasteiger partial charge on any atom is 0.219 e. The third-order valence-electron chi connectivity index (χ3n) is 2.49. The standard InChI is InChI=1S/C12H11N5O/c1-2-18-11-8-10-14-15-16-17(10)12(13-11)9-6-4-3-5-7-9/h3-8H,2H2,1H3. The number of rotatable bonds is 3. The highest BCUT2D eigenvalue weighted by atomic mass is 16.5. The fraction of sp³-hybridized carbons (Fsp3) is 0.167. The van der Waals surface area contributed by atoms with Crippen LogP contribution in [0.25, 0.3) is 17.0 Å². The lowest BCUT2D eigenvalue weighted by Gasteiger charge is -2.06. The third-order valence-corrected chi connectivity index (χ3v) is 2.49. The molecule has 0 aliphatic carbocycles. The maximum absolute atomic E-state index is 5.43. The average Bonchev–Trinajstić information content (AvgIpc) is 2.87. The van der Waals surface area contributed by atoms with E-state index in [1.165, 1.54) is 0 Å². The Morgan fingerprint density at radius 3 is 2.83 bits per heavy atom. The Morgan fingerprint density at radius 1 is 1.22 bits per heavy atom. The van der Waals surface area contributed by atoms with Crippen molar-refractivity contribution in [1.82, 2.24) is 25.0 Å². The Kier molecular flexibility index (Phi) is 2.60. The van der Waals surface area contributed by atoms with Crippen molar-refractivity contribution >= 4 is 5.65 Å². The van der Waals surface area contributed by atoms with Gasteiger partial charge >= 0.3 is 0 Å². The molecule has 6 nitrogen and oxygen atoms in total. The van der Waals surface area contributed by atoms with Crippen LogP contribution in [0, 0.1) is 0 Å². The lowest BCUT2D eigenvalue weighted by Crippen LogP contribution is -2.02. The van der Waals surface area contributed by atoms with E-state index in [9.17, 15) is 0 Å². The number of nitrogens with zero attached hydrogens (tertiary/aromatic N) is 5. The molecule has 0 bridgehead atoms. The third kappa shape index (κ3) is 1.77. The maximum atomic E-state index is 5.43. The summed E-state index contributed by atoms with van der Waals surface area (Å²) in [6.07, 6.45) is 0. The summed E-state index contributed by atoms with van der Waals surface area (Å²) in [6.45, 7) is 2.47. The van der Waals surface area contributed by atoms with E-state index in [4.69, 9.17) is 4.74 Å². The van der Waals surface area contributed by atoms with Gasteiger partial charge in [-0.3, -0.25) is 0 Å². The van der Waals surface area contributed by atoms with Gasteiger partial charge in [-0.05, 0) is 17.4 Å². The first-order valence-electron chi connectivity index (χ1n) is 5.66. The molecule has 1 aromatic carbocycles. The van der Waals surface area contributed by atoms with Gasteiger partial charge in [-0.15, -0.1) is 5.10 Å². The largest absolute Gasteiger partial charge is 0.478 e. The summed E-state index contributed by atoms with van der Waals surface area (Å²) in [5, 5.41) is 11.5. The van der Waals surface area contributed by atoms with Gasteiger partial charge in [-0.1, -0.05) is 30.3 Å². The zero-order valence-electron chi connectivity index (χ0n) is 9.82. The SMILES string of the molecule is CCOc1cc2nnnn2c(-c2ccccc2)n1. The van der Waals surface area contributed by atoms with Crippen LogP contribution in [0.2, 0.25) is 0 Å². The lowest BCUT2D eigenvalue weighted by molar-refractivity contribution is 0.326. The Hall–Kier alpha value is -2.50. The molecule has 3 aromatic rings. The highest BCUT2D eigenvalue weighted by molar-refractivity contribution is 5.59. The monoisotopic (exact) mass is 241 g/mol. The molecule has 0 aliphatic rings. The smallest absolute Gasteiger partial charge is 0.219 e. The summed E-state index contributed by atoms with van der Waals surface area (Å²) < 4.78 is 7.02. The summed E-state index contributed by atoms with van der Waals surface area (Å²) in [4.78, 5) is 4.43. The first-order chi connectivity index (χ1) is 8.88. The van der Waals surface area contributed by atoms with Crippen LogP contribution >= 0.6 is 0 Å². The van der Waals surface area contributed by atoms with Crippen LogP contribution in [0.15, 0.2) is 36.4 Å². The minimum atomic E-state index is 0.527. The zero-order valence-corrected chi connectivity index (χ0v) is 9.82. The van der Waals surface area contributed by atoms with Gasteiger partial charge in [0, 0.05) is 11.6 Å². The van der Waals surface area contributed by atoms with Crippen molar-refractivity contribution in [3.8, 4) is 17.3 Å². The summed E-state index contributed by atoms with van der Waals surface area (Å²) in [5.74, 6) is 1.19. The van der Waals surface area contributed by atoms with E-state index in [0.29, 0.717) is 24.0 Å². The van der Waals surface area contributed by atoms with E-state index in [1.807, 2.05) is 37.3 Å². The second-order valence-corrected chi connectivity index (χ2v) is 3.67. The molecule has 90 valence electrons. The van der Waals surface area contributed by atoms with E-state index in [2.05, 4.69) is 20.5 Å². The van der Waals surface area contributed by atoms with Crippen molar-refractivity contribution in [2.75, 3.05) is 6.61 Å². The average molecular weight is 241 g/mol. The molecule has 0 spiro atoms. The molecule has 6 heteroatoms. The molecule has 2 aromatic heterocycles. The van der Waals surface area contributed by atoms with Crippen molar-refractivity contribution in [3.63, 3.8) is 0 Å². The summed E-state index contributed by atoms with van der Waals surface area (Å²) in [5.41, 5.74) is 1.56. The fourth-order valence-corrected chi connectivity index (χ4v) is 1.73. The summed E-state index contributed by atoms with van der Waals surface area (Å²) in [6, 6.07) is 11.5. The van der Waals surface area contributed by atoms with Crippen LogP contribution in [0.1, 0.15) is 6.92 Å². The molecule has 0 saturated carbocycles. The number of tetrazole rings is 1. The van der Waals surface area contributed by atoms with Gasteiger partial charge in [0.1, 0.15) is 0 Å². The van der Waals surface area contributed by atoms with Gasteiger partial charge < -0.3 is 4.74 Å². The van der Waals surface area contributed by atoms with Gasteiger partial charge in [-0.2, -0.15) is 9.50 Å². The predicted octanol–water partition coefficient (Wildman–Crippen LogP) is 1.58. The minimum Gasteiger partial charge on any atom is -0.478 e. The normalized spacial score (nSPS) is 10.7. The number of hydrogen-bond acceptors (Lipinski definition) is 5. The van der Waals surface area contributed by atoms with Crippen LogP contribution in [-0.4, -0.2) is 31.6 Å². The van der Waals surface area contributed by atoms with Crippen LogP contribution in [0.4, 0.5) is 0 Å². The zero-order chi connectivity index (χ0) is 12.4. The van der Waals surface area contributed by atoms with Crippen molar-refractivity contribution in [2.45, 2.75) is 6.92 Å². The molecule has 18 heavy (non-hydrogen) atoms. The number of ether oxygens (including phenoxy) is 1. The van der Waals surface area contributed by atoms with Crippen molar-refractivity contribution in [2.24, 2.45) is 0 Å². The quantitative estimate of drug-likeness (QED) is 0.696. The number of fused-ring (bicyclic) bond motifs is 1. The van der Waals surface area contributed by atoms with Crippen molar-refractivity contribution < 1.29 is 4.74 Å². The second-order valence-electron chi connectivity index (χ2n) is 3.67. The molecule has 0 radical (unpaired) electrons. The summed E-state index contributed by atoms with van der Waals surface area (Å²) >= 11 is 0. The number of aromatic nitrogens is 5. The van der Waals surface area contributed by atoms with E-state index in [1.54, 1.807) is 10.6 Å². The molecule has 0 atom stereocenters. The van der Waals surface area contributed by atoms with Crippen molar-refractivity contribution in [3.05, 3.63) is 36.4 Å². The van der Waals surface area contributed by atoms with Crippen LogP contribution in [0.5, 0.6) is 5.88 Å². The highest BCUT2D eigenvalue weighted by Crippen LogP contribution is 2.20. The van der Waals surface area contributed by atoms with Gasteiger partial charge in [0.25, 0.3) is 0 Å². The van der Waals surface area contributed by atoms with E-state index < -0.39 is 0 Å². The Morgan fingerprint density at radius 2 is 2.06 bits per heavy atom. The fourth-order valence-electron chi connectivity index (χ4n) is 1.73. The molecular formula is C12H11N5O. The molecule has 2 heterocycles. The molecule has 0 fully saturated rings. The lowest BCUT2D eigenvalue weighted by atomic mass is 10.2. The molecule has 0 saturated heterocycles. The molecule has 0 aliphatic heterocycles. The first kappa shape index (κ1) is 10.6. The minimum absolute atomic E-state index is 0.527. The highest BCUT2D eigenvalue weighted by Gasteiger charge is 2.10. The molecule has 3 rings (SSSR count). The van der Waals surface area contributed by atoms with Crippen LogP contribution in [0.3, 0.4) is 0 Å². The number of hydrogen-bond donors (Lipinski definition) is 0. The molecule has 0 amide bonds. The summed E-state index contributed by atoms with van der Waals surface area (Å²) in [7, 11) is 0. The Labute approximate surface area is 103 Å². The molecular weight excluding hydrogens is 230 g/mol. The Bertz CT molecular complexity index is 665. The van der Waals surface area contributed by atoms with E-state index in [0.717, 1.165) is 5.56 Å². The number of benzene rings is 1. The van der Waals surface area contributed by atoms with Crippen molar-refractivity contribution in [1.29, 1.82) is 0 Å². The molecule has 0 N–H and O–H groups in total. The topological polar surface area (TPSA) is 65.2 Å². The van der Waals surface area contributed by atoms with Gasteiger partial charge in [0.15, 0.2) is 11.5 Å². The van der Waals surface area contributed by atoms with Gasteiger partial charge in [-0.25, -0.2) is 0 Å². The van der Waals surface area contributed by atoms with Gasteiger partial charge in [0.2, 0.25) is 5.88 Å². The van der Waals surface area contributed by atoms with E-state index in [-0.39, 0.29) is 0 Å². The second kappa shape index (κ2) is 4.40. The van der Waals surface area contributed by atoms with Crippen LogP contribution in [-0.2, 0) is 0 Å². The van der Waals surface area contributed by atoms with Crippen LogP contribution < -0.4 is 4.74 Å². The predicted molar refractivity (Wildman–Crippen MR) is 65.2 cm³/mol. The molecule has 0 unspecified atom stereocenters. The van der Waals surface area contributed by atoms with E-state index >= 15 is 0 Å². The first-order valence-corrected chi connectivity index (χ1v) is 5.66.